The van der Waals surface area contributed by atoms with E-state index in [9.17, 15) is 13.2 Å². The number of benzene rings is 2. The number of rotatable bonds is 9. The smallest absolute Gasteiger partial charge is 0.249 e. The Bertz CT molecular complexity index is 1120. The van der Waals surface area contributed by atoms with Gasteiger partial charge in [0.1, 0.15) is 6.04 Å². The second-order valence-electron chi connectivity index (χ2n) is 6.89. The molecule has 0 bridgehead atoms. The summed E-state index contributed by atoms with van der Waals surface area (Å²) in [5.41, 5.74) is 2.70. The highest BCUT2D eigenvalue weighted by Crippen LogP contribution is 2.29. The number of carbonyl (C=O) groups excluding carboxylic acids is 1. The Morgan fingerprint density at radius 3 is 2.39 bits per heavy atom. The minimum Gasteiger partial charge on any atom is -0.299 e. The fraction of sp³-hybridized carbons (Fsp3) is 0.286. The van der Waals surface area contributed by atoms with Crippen LogP contribution < -0.4 is 9.62 Å². The molecule has 7 nitrogen and oxygen atoms in total. The molecular formula is C21H24N4O3S3. The van der Waals surface area contributed by atoms with E-state index < -0.39 is 22.0 Å². The number of nitrogens with zero attached hydrogens (tertiary/aromatic N) is 3. The molecule has 0 unspecified atom stereocenters. The molecule has 1 heterocycles. The maximum Gasteiger partial charge on any atom is 0.249 e. The van der Waals surface area contributed by atoms with Crippen molar-refractivity contribution in [3.8, 4) is 0 Å². The number of thioether (sulfide) groups is 1. The van der Waals surface area contributed by atoms with Gasteiger partial charge in [0, 0.05) is 5.75 Å². The first-order chi connectivity index (χ1) is 14.8. The molecule has 164 valence electrons. The van der Waals surface area contributed by atoms with E-state index in [1.54, 1.807) is 19.1 Å². The maximum atomic E-state index is 12.8. The summed E-state index contributed by atoms with van der Waals surface area (Å²) in [5, 5.41) is 11.1. The van der Waals surface area contributed by atoms with Crippen molar-refractivity contribution >= 4 is 49.8 Å². The number of anilines is 2. The van der Waals surface area contributed by atoms with E-state index in [-0.39, 0.29) is 0 Å². The fourth-order valence-corrected chi connectivity index (χ4v) is 5.82. The molecule has 2 aromatic carbocycles. The van der Waals surface area contributed by atoms with Gasteiger partial charge < -0.3 is 0 Å². The van der Waals surface area contributed by atoms with Crippen molar-refractivity contribution in [3.05, 3.63) is 65.7 Å². The maximum absolute atomic E-state index is 12.8. The van der Waals surface area contributed by atoms with Crippen molar-refractivity contribution in [2.75, 3.05) is 15.9 Å². The van der Waals surface area contributed by atoms with Crippen LogP contribution in [0.4, 0.5) is 10.8 Å². The summed E-state index contributed by atoms with van der Waals surface area (Å²) in [5.74, 6) is 0.274. The number of aryl methyl sites for hydroxylation is 1. The molecule has 0 spiro atoms. The Kier molecular flexibility index (Phi) is 7.69. The van der Waals surface area contributed by atoms with Gasteiger partial charge in [-0.25, -0.2) is 8.42 Å². The van der Waals surface area contributed by atoms with Crippen molar-refractivity contribution in [2.45, 2.75) is 36.4 Å². The first-order valence-electron chi connectivity index (χ1n) is 9.67. The molecule has 0 aliphatic carbocycles. The average Bonchev–Trinajstić information content (AvgIpc) is 3.20. The minimum atomic E-state index is -3.67. The zero-order valence-corrected chi connectivity index (χ0v) is 19.9. The van der Waals surface area contributed by atoms with Gasteiger partial charge in [-0.05, 0) is 36.6 Å². The normalized spacial score (nSPS) is 12.4. The number of amides is 1. The van der Waals surface area contributed by atoms with E-state index in [0.717, 1.165) is 32.6 Å². The zero-order chi connectivity index (χ0) is 22.4. The standard InChI is InChI=1S/C21H24N4O3S3/c1-4-16-10-12-18(13-11-16)25(31(3,27)28)15(2)19(26)22-20-23-24-21(30-20)29-14-17-8-6-5-7-9-17/h5-13,15H,4,14H2,1-3H3,(H,22,23,26)/t15-/m0/s1. The van der Waals surface area contributed by atoms with E-state index in [2.05, 4.69) is 15.5 Å². The Labute approximate surface area is 191 Å². The summed E-state index contributed by atoms with van der Waals surface area (Å²) >= 11 is 2.79. The summed E-state index contributed by atoms with van der Waals surface area (Å²) in [7, 11) is -3.67. The molecule has 1 amide bonds. The number of hydrogen-bond donors (Lipinski definition) is 1. The van der Waals surface area contributed by atoms with Gasteiger partial charge in [-0.1, -0.05) is 72.5 Å². The van der Waals surface area contributed by atoms with Crippen LogP contribution in [0.5, 0.6) is 0 Å². The predicted molar refractivity (Wildman–Crippen MR) is 127 cm³/mol. The van der Waals surface area contributed by atoms with Crippen molar-refractivity contribution < 1.29 is 13.2 Å². The quantitative estimate of drug-likeness (QED) is 0.368. The highest BCUT2D eigenvalue weighted by molar-refractivity contribution is 8.00. The van der Waals surface area contributed by atoms with Crippen LogP contribution in [0.25, 0.3) is 0 Å². The van der Waals surface area contributed by atoms with Gasteiger partial charge in [-0.2, -0.15) is 0 Å². The van der Waals surface area contributed by atoms with Crippen LogP contribution in [0.15, 0.2) is 58.9 Å². The molecule has 0 saturated carbocycles. The van der Waals surface area contributed by atoms with Gasteiger partial charge in [0.2, 0.25) is 21.1 Å². The van der Waals surface area contributed by atoms with E-state index >= 15 is 0 Å². The van der Waals surface area contributed by atoms with Crippen LogP contribution in [0.3, 0.4) is 0 Å². The van der Waals surface area contributed by atoms with Crippen molar-refractivity contribution in [2.24, 2.45) is 0 Å². The Morgan fingerprint density at radius 1 is 1.10 bits per heavy atom. The second-order valence-corrected chi connectivity index (χ2v) is 11.0. The predicted octanol–water partition coefficient (Wildman–Crippen LogP) is 4.19. The van der Waals surface area contributed by atoms with Gasteiger partial charge in [0.25, 0.3) is 0 Å². The molecular weight excluding hydrogens is 452 g/mol. The van der Waals surface area contributed by atoms with Crippen molar-refractivity contribution in [3.63, 3.8) is 0 Å². The molecule has 1 aromatic heterocycles. The third-order valence-electron chi connectivity index (χ3n) is 4.53. The third kappa shape index (κ3) is 6.28. The Morgan fingerprint density at radius 2 is 1.77 bits per heavy atom. The Balaban J connectivity index is 1.68. The van der Waals surface area contributed by atoms with Gasteiger partial charge in [-0.3, -0.25) is 14.4 Å². The SMILES string of the molecule is CCc1ccc(N([C@@H](C)C(=O)Nc2nnc(SCc3ccccc3)s2)S(C)(=O)=O)cc1. The summed E-state index contributed by atoms with van der Waals surface area (Å²) in [6, 6.07) is 16.2. The summed E-state index contributed by atoms with van der Waals surface area (Å²) < 4.78 is 26.7. The number of sulfonamides is 1. The molecule has 0 fully saturated rings. The number of aromatic nitrogens is 2. The topological polar surface area (TPSA) is 92.3 Å². The molecule has 3 rings (SSSR count). The molecule has 0 aliphatic heterocycles. The van der Waals surface area contributed by atoms with Crippen LogP contribution in [0.2, 0.25) is 0 Å². The molecule has 31 heavy (non-hydrogen) atoms. The van der Waals surface area contributed by atoms with Gasteiger partial charge in [0.05, 0.1) is 11.9 Å². The lowest BCUT2D eigenvalue weighted by Gasteiger charge is -2.28. The van der Waals surface area contributed by atoms with E-state index in [4.69, 9.17) is 0 Å². The van der Waals surface area contributed by atoms with E-state index in [1.807, 2.05) is 49.4 Å². The molecule has 1 atom stereocenters. The number of carbonyl (C=O) groups is 1. The van der Waals surface area contributed by atoms with Crippen LogP contribution in [0, 0.1) is 0 Å². The lowest BCUT2D eigenvalue weighted by Crippen LogP contribution is -2.45. The fourth-order valence-electron chi connectivity index (χ4n) is 2.94. The first kappa shape index (κ1) is 23.2. The van der Waals surface area contributed by atoms with Gasteiger partial charge in [0.15, 0.2) is 4.34 Å². The second kappa shape index (κ2) is 10.3. The average molecular weight is 477 g/mol. The van der Waals surface area contributed by atoms with Crippen molar-refractivity contribution in [1.29, 1.82) is 0 Å². The molecule has 0 saturated heterocycles. The van der Waals surface area contributed by atoms with Crippen LogP contribution in [-0.4, -0.2) is 36.8 Å². The summed E-state index contributed by atoms with van der Waals surface area (Å²) in [4.78, 5) is 12.8. The lowest BCUT2D eigenvalue weighted by atomic mass is 10.1. The van der Waals surface area contributed by atoms with E-state index in [0.29, 0.717) is 10.8 Å². The number of hydrogen-bond acceptors (Lipinski definition) is 7. The van der Waals surface area contributed by atoms with Gasteiger partial charge in [-0.15, -0.1) is 10.2 Å². The van der Waals surface area contributed by atoms with Crippen LogP contribution in [-0.2, 0) is 27.0 Å². The first-order valence-corrected chi connectivity index (χ1v) is 13.3. The highest BCUT2D eigenvalue weighted by atomic mass is 32.2. The number of nitrogens with one attached hydrogen (secondary N) is 1. The minimum absolute atomic E-state index is 0.335. The zero-order valence-electron chi connectivity index (χ0n) is 17.5. The lowest BCUT2D eigenvalue weighted by molar-refractivity contribution is -0.116. The monoisotopic (exact) mass is 476 g/mol. The largest absolute Gasteiger partial charge is 0.299 e. The molecule has 1 N–H and O–H groups in total. The molecule has 0 radical (unpaired) electrons. The van der Waals surface area contributed by atoms with Gasteiger partial charge >= 0.3 is 0 Å². The van der Waals surface area contributed by atoms with Crippen LogP contribution >= 0.6 is 23.1 Å². The molecule has 0 aliphatic rings. The molecule has 3 aromatic rings. The van der Waals surface area contributed by atoms with E-state index in [1.165, 1.54) is 28.7 Å². The summed E-state index contributed by atoms with van der Waals surface area (Å²) in [6.07, 6.45) is 1.94. The third-order valence-corrected chi connectivity index (χ3v) is 7.81. The van der Waals surface area contributed by atoms with Crippen molar-refractivity contribution in [1.82, 2.24) is 10.2 Å². The van der Waals surface area contributed by atoms with Crippen LogP contribution in [0.1, 0.15) is 25.0 Å². The Hall–Kier alpha value is -2.43. The highest BCUT2D eigenvalue weighted by Gasteiger charge is 2.29. The summed E-state index contributed by atoms with van der Waals surface area (Å²) in [6.45, 7) is 3.57. The molecule has 10 heteroatoms.